The van der Waals surface area contributed by atoms with E-state index < -0.39 is 17.5 Å². The van der Waals surface area contributed by atoms with Crippen LogP contribution in [0, 0.1) is 0 Å². The first-order valence-electron chi connectivity index (χ1n) is 5.86. The molecule has 0 fully saturated rings. The summed E-state index contributed by atoms with van der Waals surface area (Å²) >= 11 is 5.87. The van der Waals surface area contributed by atoms with Crippen molar-refractivity contribution >= 4 is 23.5 Å². The molecule has 110 valence electrons. The number of hydrogen-bond donors (Lipinski definition) is 0. The number of rotatable bonds is 3. The molecule has 0 radical (unpaired) electrons. The molecule has 1 heterocycles. The molecule has 0 aliphatic rings. The Bertz CT molecular complexity index is 687. The summed E-state index contributed by atoms with van der Waals surface area (Å²) < 4.78 is 38.7. The summed E-state index contributed by atoms with van der Waals surface area (Å²) in [5.74, 6) is -0.426. The van der Waals surface area contributed by atoms with E-state index in [4.69, 9.17) is 11.6 Å². The Morgan fingerprint density at radius 3 is 2.38 bits per heavy atom. The normalized spacial score (nSPS) is 12.0. The van der Waals surface area contributed by atoms with E-state index in [-0.39, 0.29) is 5.56 Å². The van der Waals surface area contributed by atoms with Gasteiger partial charge in [0.25, 0.3) is 0 Å². The van der Waals surface area contributed by atoms with E-state index in [0.717, 1.165) is 24.3 Å². The molecule has 0 spiro atoms. The number of halogens is 4. The monoisotopic (exact) mass is 314 g/mol. The third kappa shape index (κ3) is 3.72. The summed E-state index contributed by atoms with van der Waals surface area (Å²) in [6.45, 7) is 0. The fraction of sp³-hybridized carbons (Fsp3) is 0.143. The molecule has 2 aromatic rings. The van der Waals surface area contributed by atoms with Gasteiger partial charge in [-0.1, -0.05) is 23.7 Å². The number of aromatic nitrogens is 2. The lowest BCUT2D eigenvalue weighted by Crippen LogP contribution is -2.05. The van der Waals surface area contributed by atoms with E-state index in [9.17, 15) is 18.0 Å². The standard InChI is InChI=1S/C14H10ClF3N2O/c1-20-8-11(15)12(19-20)6-7-13(21)9-2-4-10(5-3-9)14(16,17)18/h2-8H,1H3/b7-6+. The van der Waals surface area contributed by atoms with Crippen LogP contribution in [0.4, 0.5) is 13.2 Å². The SMILES string of the molecule is Cn1cc(Cl)c(/C=C/C(=O)c2ccc(C(F)(F)F)cc2)n1. The fourth-order valence-electron chi connectivity index (χ4n) is 1.66. The van der Waals surface area contributed by atoms with E-state index in [1.807, 2.05) is 0 Å². The first kappa shape index (κ1) is 15.3. The van der Waals surface area contributed by atoms with Crippen molar-refractivity contribution in [1.29, 1.82) is 0 Å². The Hall–Kier alpha value is -2.08. The summed E-state index contributed by atoms with van der Waals surface area (Å²) in [5.41, 5.74) is -0.221. The van der Waals surface area contributed by atoms with Crippen LogP contribution in [0.5, 0.6) is 0 Å². The second kappa shape index (κ2) is 5.73. The van der Waals surface area contributed by atoms with Gasteiger partial charge in [-0.3, -0.25) is 9.48 Å². The van der Waals surface area contributed by atoms with Crippen LogP contribution in [0.1, 0.15) is 21.6 Å². The number of ketones is 1. The third-order valence-electron chi connectivity index (χ3n) is 2.70. The van der Waals surface area contributed by atoms with Gasteiger partial charge in [-0.25, -0.2) is 0 Å². The van der Waals surface area contributed by atoms with Gasteiger partial charge in [0.05, 0.1) is 10.6 Å². The summed E-state index contributed by atoms with van der Waals surface area (Å²) in [4.78, 5) is 11.9. The number of hydrogen-bond acceptors (Lipinski definition) is 2. The molecule has 0 aliphatic carbocycles. The predicted molar refractivity (Wildman–Crippen MR) is 73.0 cm³/mol. The molecule has 2 rings (SSSR count). The maximum atomic E-state index is 12.4. The van der Waals surface area contributed by atoms with E-state index in [1.54, 1.807) is 13.2 Å². The molecule has 0 N–H and O–H groups in total. The number of benzene rings is 1. The molecule has 1 aromatic carbocycles. The van der Waals surface area contributed by atoms with Gasteiger partial charge in [-0.2, -0.15) is 18.3 Å². The van der Waals surface area contributed by atoms with Crippen LogP contribution in [-0.4, -0.2) is 15.6 Å². The Balaban J connectivity index is 2.15. The van der Waals surface area contributed by atoms with Crippen molar-refractivity contribution in [2.24, 2.45) is 7.05 Å². The Kier molecular flexibility index (Phi) is 4.18. The van der Waals surface area contributed by atoms with Crippen molar-refractivity contribution in [2.75, 3.05) is 0 Å². The van der Waals surface area contributed by atoms with Crippen molar-refractivity contribution in [1.82, 2.24) is 9.78 Å². The van der Waals surface area contributed by atoms with Gasteiger partial charge in [0, 0.05) is 18.8 Å². The van der Waals surface area contributed by atoms with Crippen LogP contribution in [-0.2, 0) is 13.2 Å². The molecule has 0 aliphatic heterocycles. The summed E-state index contributed by atoms with van der Waals surface area (Å²) in [5, 5.41) is 4.40. The predicted octanol–water partition coefficient (Wildman–Crippen LogP) is 3.99. The minimum atomic E-state index is -4.42. The highest BCUT2D eigenvalue weighted by Crippen LogP contribution is 2.29. The van der Waals surface area contributed by atoms with Crippen molar-refractivity contribution in [3.63, 3.8) is 0 Å². The minimum Gasteiger partial charge on any atom is -0.289 e. The lowest BCUT2D eigenvalue weighted by Gasteiger charge is -2.06. The molecule has 0 saturated heterocycles. The highest BCUT2D eigenvalue weighted by atomic mass is 35.5. The lowest BCUT2D eigenvalue weighted by molar-refractivity contribution is -0.137. The van der Waals surface area contributed by atoms with Crippen molar-refractivity contribution in [3.8, 4) is 0 Å². The van der Waals surface area contributed by atoms with Crippen LogP contribution in [0.2, 0.25) is 5.02 Å². The van der Waals surface area contributed by atoms with Crippen LogP contribution >= 0.6 is 11.6 Å². The minimum absolute atomic E-state index is 0.159. The topological polar surface area (TPSA) is 34.9 Å². The van der Waals surface area contributed by atoms with Crippen molar-refractivity contribution in [2.45, 2.75) is 6.18 Å². The molecular formula is C14H10ClF3N2O. The Morgan fingerprint density at radius 2 is 1.90 bits per heavy atom. The highest BCUT2D eigenvalue weighted by Gasteiger charge is 2.30. The van der Waals surface area contributed by atoms with Crippen LogP contribution in [0.15, 0.2) is 36.5 Å². The molecule has 7 heteroatoms. The van der Waals surface area contributed by atoms with Crippen LogP contribution < -0.4 is 0 Å². The number of carbonyl (C=O) groups is 1. The molecule has 1 aromatic heterocycles. The molecule has 0 bridgehead atoms. The lowest BCUT2D eigenvalue weighted by atomic mass is 10.1. The van der Waals surface area contributed by atoms with Gasteiger partial charge in [-0.05, 0) is 24.3 Å². The van der Waals surface area contributed by atoms with Gasteiger partial charge in [0.15, 0.2) is 5.78 Å². The Labute approximate surface area is 123 Å². The fourth-order valence-corrected chi connectivity index (χ4v) is 1.91. The second-order valence-corrected chi connectivity index (χ2v) is 4.72. The van der Waals surface area contributed by atoms with E-state index in [0.29, 0.717) is 10.7 Å². The molecule has 0 saturated carbocycles. The number of allylic oxidation sites excluding steroid dienone is 1. The van der Waals surface area contributed by atoms with E-state index in [1.165, 1.54) is 16.8 Å². The zero-order chi connectivity index (χ0) is 15.6. The number of aryl methyl sites for hydroxylation is 1. The quantitative estimate of drug-likeness (QED) is 0.634. The molecule has 3 nitrogen and oxygen atoms in total. The summed E-state index contributed by atoms with van der Waals surface area (Å²) in [6.07, 6.45) is -0.206. The van der Waals surface area contributed by atoms with Crippen LogP contribution in [0.3, 0.4) is 0 Å². The molecule has 0 amide bonds. The first-order chi connectivity index (χ1) is 9.77. The highest BCUT2D eigenvalue weighted by molar-refractivity contribution is 6.31. The maximum absolute atomic E-state index is 12.4. The van der Waals surface area contributed by atoms with E-state index >= 15 is 0 Å². The Morgan fingerprint density at radius 1 is 1.29 bits per heavy atom. The summed E-state index contributed by atoms with van der Waals surface area (Å²) in [6, 6.07) is 4.01. The van der Waals surface area contributed by atoms with Gasteiger partial charge < -0.3 is 0 Å². The summed E-state index contributed by atoms with van der Waals surface area (Å²) in [7, 11) is 1.68. The van der Waals surface area contributed by atoms with Gasteiger partial charge >= 0.3 is 6.18 Å². The molecule has 21 heavy (non-hydrogen) atoms. The number of nitrogens with zero attached hydrogens (tertiary/aromatic N) is 2. The van der Waals surface area contributed by atoms with Crippen molar-refractivity contribution < 1.29 is 18.0 Å². The molecular weight excluding hydrogens is 305 g/mol. The maximum Gasteiger partial charge on any atom is 0.416 e. The zero-order valence-electron chi connectivity index (χ0n) is 10.9. The van der Waals surface area contributed by atoms with Crippen LogP contribution in [0.25, 0.3) is 6.08 Å². The zero-order valence-corrected chi connectivity index (χ0v) is 11.6. The van der Waals surface area contributed by atoms with E-state index in [2.05, 4.69) is 5.10 Å². The smallest absolute Gasteiger partial charge is 0.289 e. The van der Waals surface area contributed by atoms with Gasteiger partial charge in [-0.15, -0.1) is 0 Å². The molecule has 0 unspecified atom stereocenters. The van der Waals surface area contributed by atoms with Gasteiger partial charge in [0.1, 0.15) is 5.69 Å². The van der Waals surface area contributed by atoms with Crippen molar-refractivity contribution in [3.05, 3.63) is 58.4 Å². The third-order valence-corrected chi connectivity index (χ3v) is 2.99. The second-order valence-electron chi connectivity index (χ2n) is 4.31. The molecule has 0 atom stereocenters. The average Bonchev–Trinajstić information content (AvgIpc) is 2.73. The average molecular weight is 315 g/mol. The first-order valence-corrected chi connectivity index (χ1v) is 6.24. The number of carbonyl (C=O) groups excluding carboxylic acids is 1. The number of alkyl halides is 3. The largest absolute Gasteiger partial charge is 0.416 e. The van der Waals surface area contributed by atoms with Gasteiger partial charge in [0.2, 0.25) is 0 Å².